The summed E-state index contributed by atoms with van der Waals surface area (Å²) in [5.74, 6) is 1.93. The summed E-state index contributed by atoms with van der Waals surface area (Å²) in [7, 11) is 3.75. The maximum atomic E-state index is 5.18. The summed E-state index contributed by atoms with van der Waals surface area (Å²) in [6, 6.07) is 16.5. The molecular weight excluding hydrogens is 274 g/mol. The first-order valence-electron chi connectivity index (χ1n) is 7.46. The van der Waals surface area contributed by atoms with Crippen LogP contribution in [0.4, 0.5) is 0 Å². The Morgan fingerprint density at radius 2 is 1.86 bits per heavy atom. The van der Waals surface area contributed by atoms with Gasteiger partial charge in [0.1, 0.15) is 11.6 Å². The molecule has 0 fully saturated rings. The van der Waals surface area contributed by atoms with Crippen LogP contribution >= 0.6 is 0 Å². The van der Waals surface area contributed by atoms with Crippen LogP contribution in [0.15, 0.2) is 48.5 Å². The second-order valence-electron chi connectivity index (χ2n) is 5.47. The number of aromatic nitrogens is 2. The highest BCUT2D eigenvalue weighted by Crippen LogP contribution is 2.19. The highest BCUT2D eigenvalue weighted by Gasteiger charge is 2.13. The average Bonchev–Trinajstić information content (AvgIpc) is 2.90. The topological polar surface area (TPSA) is 39.1 Å². The zero-order valence-electron chi connectivity index (χ0n) is 13.2. The maximum Gasteiger partial charge on any atom is 0.126 e. The molecule has 0 spiro atoms. The van der Waals surface area contributed by atoms with Gasteiger partial charge in [0.05, 0.1) is 24.2 Å². The van der Waals surface area contributed by atoms with Crippen molar-refractivity contribution in [2.45, 2.75) is 19.5 Å². The number of ether oxygens (including phenoxy) is 1. The first-order valence-corrected chi connectivity index (χ1v) is 7.46. The second kappa shape index (κ2) is 6.20. The summed E-state index contributed by atoms with van der Waals surface area (Å²) in [6.07, 6.45) is 0. The van der Waals surface area contributed by atoms with Crippen molar-refractivity contribution in [3.63, 3.8) is 0 Å². The zero-order chi connectivity index (χ0) is 15.5. The van der Waals surface area contributed by atoms with E-state index in [1.807, 2.05) is 24.3 Å². The van der Waals surface area contributed by atoms with Crippen LogP contribution in [-0.2, 0) is 13.6 Å². The van der Waals surface area contributed by atoms with E-state index in [-0.39, 0.29) is 6.04 Å². The minimum absolute atomic E-state index is 0.180. The van der Waals surface area contributed by atoms with Gasteiger partial charge in [0.25, 0.3) is 0 Å². The molecule has 1 N–H and O–H groups in total. The maximum absolute atomic E-state index is 5.18. The lowest BCUT2D eigenvalue weighted by Gasteiger charge is -2.14. The van der Waals surface area contributed by atoms with Gasteiger partial charge in [-0.1, -0.05) is 24.3 Å². The fraction of sp³-hybridized carbons (Fsp3) is 0.278. The lowest BCUT2D eigenvalue weighted by atomic mass is 10.2. The standard InChI is InChI=1S/C18H21N3O/c1-13(19-12-14-8-10-15(22-3)11-9-14)18-20-16-6-4-5-7-17(16)21(18)2/h4-11,13,19H,12H2,1-3H3/t13-/m1/s1. The number of imidazole rings is 1. The quantitative estimate of drug-likeness (QED) is 0.784. The van der Waals surface area contributed by atoms with Crippen LogP contribution in [0.3, 0.4) is 0 Å². The van der Waals surface area contributed by atoms with E-state index < -0.39 is 0 Å². The Bertz CT molecular complexity index is 762. The Morgan fingerprint density at radius 3 is 2.55 bits per heavy atom. The zero-order valence-corrected chi connectivity index (χ0v) is 13.2. The Kier molecular flexibility index (Phi) is 4.11. The van der Waals surface area contributed by atoms with Crippen molar-refractivity contribution in [3.8, 4) is 5.75 Å². The fourth-order valence-electron chi connectivity index (χ4n) is 2.66. The summed E-state index contributed by atoms with van der Waals surface area (Å²) in [4.78, 5) is 4.73. The third-order valence-electron chi connectivity index (χ3n) is 3.98. The first-order chi connectivity index (χ1) is 10.7. The predicted molar refractivity (Wildman–Crippen MR) is 89.0 cm³/mol. The summed E-state index contributed by atoms with van der Waals surface area (Å²) in [6.45, 7) is 2.94. The van der Waals surface area contributed by atoms with E-state index in [1.165, 1.54) is 5.56 Å². The number of fused-ring (bicyclic) bond motifs is 1. The normalized spacial score (nSPS) is 12.5. The number of methoxy groups -OCH3 is 1. The van der Waals surface area contributed by atoms with E-state index in [4.69, 9.17) is 9.72 Å². The number of aryl methyl sites for hydroxylation is 1. The number of benzene rings is 2. The van der Waals surface area contributed by atoms with E-state index in [0.29, 0.717) is 0 Å². The van der Waals surface area contributed by atoms with Gasteiger partial charge >= 0.3 is 0 Å². The van der Waals surface area contributed by atoms with Gasteiger partial charge in [0.15, 0.2) is 0 Å². The summed E-state index contributed by atoms with van der Waals surface area (Å²) >= 11 is 0. The van der Waals surface area contributed by atoms with E-state index in [9.17, 15) is 0 Å². The average molecular weight is 295 g/mol. The molecule has 0 aliphatic rings. The number of hydrogen-bond acceptors (Lipinski definition) is 3. The van der Waals surface area contributed by atoms with Crippen molar-refractivity contribution >= 4 is 11.0 Å². The Hall–Kier alpha value is -2.33. The van der Waals surface area contributed by atoms with E-state index >= 15 is 0 Å². The molecule has 4 heteroatoms. The van der Waals surface area contributed by atoms with Crippen LogP contribution < -0.4 is 10.1 Å². The molecule has 0 saturated heterocycles. The molecule has 3 aromatic rings. The molecule has 4 nitrogen and oxygen atoms in total. The predicted octanol–water partition coefficient (Wildman–Crippen LogP) is 3.43. The molecule has 0 bridgehead atoms. The fourth-order valence-corrected chi connectivity index (χ4v) is 2.66. The van der Waals surface area contributed by atoms with Gasteiger partial charge in [0.2, 0.25) is 0 Å². The van der Waals surface area contributed by atoms with Crippen LogP contribution in [0.25, 0.3) is 11.0 Å². The molecule has 1 aromatic heterocycles. The second-order valence-corrected chi connectivity index (χ2v) is 5.47. The highest BCUT2D eigenvalue weighted by molar-refractivity contribution is 5.75. The van der Waals surface area contributed by atoms with Gasteiger partial charge in [0, 0.05) is 13.6 Å². The molecular formula is C18H21N3O. The molecule has 0 amide bonds. The SMILES string of the molecule is COc1ccc(CN[C@H](C)c2nc3ccccc3n2C)cc1. The Labute approximate surface area is 130 Å². The monoisotopic (exact) mass is 295 g/mol. The van der Waals surface area contributed by atoms with Gasteiger partial charge < -0.3 is 14.6 Å². The molecule has 0 aliphatic carbocycles. The van der Waals surface area contributed by atoms with Crippen LogP contribution in [0.2, 0.25) is 0 Å². The molecule has 0 saturated carbocycles. The van der Waals surface area contributed by atoms with Gasteiger partial charge in [-0.25, -0.2) is 4.98 Å². The lowest BCUT2D eigenvalue weighted by molar-refractivity contribution is 0.414. The van der Waals surface area contributed by atoms with Gasteiger partial charge in [-0.05, 0) is 36.8 Å². The molecule has 2 aromatic carbocycles. The first kappa shape index (κ1) is 14.6. The number of rotatable bonds is 5. The van der Waals surface area contributed by atoms with Crippen LogP contribution in [0.1, 0.15) is 24.4 Å². The van der Waals surface area contributed by atoms with E-state index in [1.54, 1.807) is 7.11 Å². The highest BCUT2D eigenvalue weighted by atomic mass is 16.5. The molecule has 114 valence electrons. The third kappa shape index (κ3) is 2.83. The smallest absolute Gasteiger partial charge is 0.126 e. The number of nitrogens with zero attached hydrogens (tertiary/aromatic N) is 2. The molecule has 3 rings (SSSR count). The third-order valence-corrected chi connectivity index (χ3v) is 3.98. The molecule has 1 atom stereocenters. The van der Waals surface area contributed by atoms with Gasteiger partial charge in [-0.15, -0.1) is 0 Å². The van der Waals surface area contributed by atoms with Crippen LogP contribution in [0, 0.1) is 0 Å². The molecule has 22 heavy (non-hydrogen) atoms. The minimum atomic E-state index is 0.180. The van der Waals surface area contributed by atoms with Crippen molar-refractivity contribution in [2.24, 2.45) is 7.05 Å². The van der Waals surface area contributed by atoms with Gasteiger partial charge in [-0.2, -0.15) is 0 Å². The number of para-hydroxylation sites is 2. The van der Waals surface area contributed by atoms with Crippen molar-refractivity contribution < 1.29 is 4.74 Å². The summed E-state index contributed by atoms with van der Waals surface area (Å²) in [5, 5.41) is 3.53. The molecule has 0 unspecified atom stereocenters. The summed E-state index contributed by atoms with van der Waals surface area (Å²) in [5.41, 5.74) is 3.43. The molecule has 0 radical (unpaired) electrons. The molecule has 1 heterocycles. The Balaban J connectivity index is 1.72. The largest absolute Gasteiger partial charge is 0.497 e. The molecule has 0 aliphatic heterocycles. The lowest BCUT2D eigenvalue weighted by Crippen LogP contribution is -2.21. The minimum Gasteiger partial charge on any atom is -0.497 e. The number of nitrogens with one attached hydrogen (secondary N) is 1. The van der Waals surface area contributed by atoms with Crippen molar-refractivity contribution in [1.82, 2.24) is 14.9 Å². The number of hydrogen-bond donors (Lipinski definition) is 1. The van der Waals surface area contributed by atoms with E-state index in [2.05, 4.69) is 48.1 Å². The van der Waals surface area contributed by atoms with Gasteiger partial charge in [-0.3, -0.25) is 0 Å². The van der Waals surface area contributed by atoms with Crippen molar-refractivity contribution in [1.29, 1.82) is 0 Å². The van der Waals surface area contributed by atoms with Crippen molar-refractivity contribution in [3.05, 3.63) is 59.9 Å². The van der Waals surface area contributed by atoms with Crippen LogP contribution in [-0.4, -0.2) is 16.7 Å². The van der Waals surface area contributed by atoms with E-state index in [0.717, 1.165) is 29.2 Å². The summed E-state index contributed by atoms with van der Waals surface area (Å²) < 4.78 is 7.33. The van der Waals surface area contributed by atoms with Crippen molar-refractivity contribution in [2.75, 3.05) is 7.11 Å². The Morgan fingerprint density at radius 1 is 1.14 bits per heavy atom. The van der Waals surface area contributed by atoms with Crippen LogP contribution in [0.5, 0.6) is 5.75 Å².